The van der Waals surface area contributed by atoms with Crippen molar-refractivity contribution in [3.05, 3.63) is 29.3 Å². The van der Waals surface area contributed by atoms with Crippen LogP contribution in [-0.4, -0.2) is 29.9 Å². The van der Waals surface area contributed by atoms with E-state index >= 15 is 0 Å². The van der Waals surface area contributed by atoms with Gasteiger partial charge in [-0.25, -0.2) is 0 Å². The predicted molar refractivity (Wildman–Crippen MR) is 82.2 cm³/mol. The lowest BCUT2D eigenvalue weighted by Gasteiger charge is -2.35. The Balaban J connectivity index is 2.08. The van der Waals surface area contributed by atoms with Crippen molar-refractivity contribution >= 4 is 0 Å². The minimum absolute atomic E-state index is 0.126. The maximum absolute atomic E-state index is 9.88. The number of rotatable bonds is 7. The summed E-state index contributed by atoms with van der Waals surface area (Å²) in [5.41, 5.74) is 2.11. The summed E-state index contributed by atoms with van der Waals surface area (Å²) in [4.78, 5) is 0. The molecule has 1 saturated carbocycles. The van der Waals surface area contributed by atoms with Gasteiger partial charge >= 0.3 is 0 Å². The van der Waals surface area contributed by atoms with E-state index < -0.39 is 0 Å². The van der Waals surface area contributed by atoms with Crippen molar-refractivity contribution in [1.82, 2.24) is 5.32 Å². The molecule has 0 saturated heterocycles. The van der Waals surface area contributed by atoms with E-state index in [0.717, 1.165) is 5.75 Å². The van der Waals surface area contributed by atoms with Gasteiger partial charge in [-0.1, -0.05) is 19.9 Å². The lowest BCUT2D eigenvalue weighted by Crippen LogP contribution is -2.57. The molecule has 0 aromatic heterocycles. The minimum atomic E-state index is -0.300. The lowest BCUT2D eigenvalue weighted by atomic mass is 9.94. The molecular weight excluding hydrogens is 250 g/mol. The number of hydrogen-bond donors (Lipinski definition) is 2. The lowest BCUT2D eigenvalue weighted by molar-refractivity contribution is 0.0778. The van der Waals surface area contributed by atoms with Gasteiger partial charge in [0, 0.05) is 6.04 Å². The van der Waals surface area contributed by atoms with E-state index in [1.165, 1.54) is 24.0 Å². The first-order valence-electron chi connectivity index (χ1n) is 7.55. The fourth-order valence-electron chi connectivity index (χ4n) is 2.94. The molecule has 0 spiro atoms. The summed E-state index contributed by atoms with van der Waals surface area (Å²) in [5.74, 6) is 1.42. The van der Waals surface area contributed by atoms with Crippen molar-refractivity contribution in [3.8, 4) is 5.75 Å². The van der Waals surface area contributed by atoms with Crippen molar-refractivity contribution in [2.45, 2.75) is 52.1 Å². The number of benzene rings is 1. The first-order valence-corrected chi connectivity index (χ1v) is 7.55. The molecule has 2 rings (SSSR count). The quantitative estimate of drug-likeness (QED) is 0.805. The Morgan fingerprint density at radius 1 is 1.25 bits per heavy atom. The largest absolute Gasteiger partial charge is 0.492 e. The molecule has 1 aromatic rings. The molecule has 0 bridgehead atoms. The highest BCUT2D eigenvalue weighted by Gasteiger charge is 2.45. The van der Waals surface area contributed by atoms with Gasteiger partial charge < -0.3 is 15.2 Å². The third-order valence-electron chi connectivity index (χ3n) is 3.91. The van der Waals surface area contributed by atoms with E-state index in [4.69, 9.17) is 4.74 Å². The van der Waals surface area contributed by atoms with Crippen LogP contribution < -0.4 is 10.1 Å². The summed E-state index contributed by atoms with van der Waals surface area (Å²) in [5, 5.41) is 13.4. The van der Waals surface area contributed by atoms with Crippen molar-refractivity contribution in [3.63, 3.8) is 0 Å². The van der Waals surface area contributed by atoms with E-state index in [1.54, 1.807) is 0 Å². The monoisotopic (exact) mass is 277 g/mol. The third-order valence-corrected chi connectivity index (χ3v) is 3.91. The molecule has 1 aromatic carbocycles. The van der Waals surface area contributed by atoms with Gasteiger partial charge in [-0.2, -0.15) is 0 Å². The molecule has 20 heavy (non-hydrogen) atoms. The van der Waals surface area contributed by atoms with E-state index in [-0.39, 0.29) is 12.1 Å². The molecular formula is C17H27NO2. The van der Waals surface area contributed by atoms with Crippen molar-refractivity contribution < 1.29 is 9.84 Å². The SMILES string of the molecule is Cc1cc(C)cc(OCC(CO)(NC(C)C)C2CC2)c1. The molecule has 1 atom stereocenters. The fraction of sp³-hybridized carbons (Fsp3) is 0.647. The molecule has 0 aliphatic heterocycles. The van der Waals surface area contributed by atoms with Gasteiger partial charge in [-0.3, -0.25) is 0 Å². The first kappa shape index (κ1) is 15.3. The fourth-order valence-corrected chi connectivity index (χ4v) is 2.94. The Labute approximate surface area is 122 Å². The standard InChI is InChI=1S/C17H27NO2/c1-12(2)18-17(10-19,15-5-6-15)11-20-16-8-13(3)7-14(4)9-16/h7-9,12,15,18-19H,5-6,10-11H2,1-4H3. The molecule has 1 unspecified atom stereocenters. The second-order valence-corrected chi connectivity index (χ2v) is 6.50. The van der Waals surface area contributed by atoms with E-state index in [1.807, 2.05) is 0 Å². The highest BCUT2D eigenvalue weighted by atomic mass is 16.5. The highest BCUT2D eigenvalue weighted by Crippen LogP contribution is 2.40. The summed E-state index contributed by atoms with van der Waals surface area (Å²) in [7, 11) is 0. The van der Waals surface area contributed by atoms with Gasteiger partial charge in [0.15, 0.2) is 0 Å². The van der Waals surface area contributed by atoms with Crippen molar-refractivity contribution in [2.75, 3.05) is 13.2 Å². The Kier molecular flexibility index (Phi) is 4.71. The topological polar surface area (TPSA) is 41.5 Å². The number of aliphatic hydroxyl groups is 1. The first-order chi connectivity index (χ1) is 9.45. The Morgan fingerprint density at radius 3 is 2.30 bits per heavy atom. The second kappa shape index (κ2) is 6.15. The van der Waals surface area contributed by atoms with Gasteiger partial charge in [-0.05, 0) is 55.9 Å². The molecule has 1 aliphatic rings. The molecule has 1 fully saturated rings. The molecule has 1 aliphatic carbocycles. The van der Waals surface area contributed by atoms with Crippen molar-refractivity contribution in [2.24, 2.45) is 5.92 Å². The average Bonchev–Trinajstić information content (AvgIpc) is 3.17. The van der Waals surface area contributed by atoms with Crippen LogP contribution in [0, 0.1) is 19.8 Å². The Bertz CT molecular complexity index is 434. The van der Waals surface area contributed by atoms with Crippen LogP contribution >= 0.6 is 0 Å². The van der Waals surface area contributed by atoms with E-state index in [2.05, 4.69) is 51.2 Å². The second-order valence-electron chi connectivity index (χ2n) is 6.50. The maximum Gasteiger partial charge on any atom is 0.119 e. The van der Waals surface area contributed by atoms with Crippen LogP contribution in [0.25, 0.3) is 0 Å². The summed E-state index contributed by atoms with van der Waals surface area (Å²) in [6.45, 7) is 9.03. The van der Waals surface area contributed by atoms with Gasteiger partial charge in [0.2, 0.25) is 0 Å². The third kappa shape index (κ3) is 3.74. The Hall–Kier alpha value is -1.06. The number of ether oxygens (including phenoxy) is 1. The van der Waals surface area contributed by atoms with Gasteiger partial charge in [0.05, 0.1) is 12.1 Å². The van der Waals surface area contributed by atoms with E-state index in [0.29, 0.717) is 18.6 Å². The molecule has 112 valence electrons. The van der Waals surface area contributed by atoms with Gasteiger partial charge in [0.1, 0.15) is 12.4 Å². The summed E-state index contributed by atoms with van der Waals surface area (Å²) in [6.07, 6.45) is 2.35. The Morgan fingerprint density at radius 2 is 1.85 bits per heavy atom. The molecule has 2 N–H and O–H groups in total. The summed E-state index contributed by atoms with van der Waals surface area (Å²) in [6, 6.07) is 6.58. The van der Waals surface area contributed by atoms with Crippen LogP contribution in [0.15, 0.2) is 18.2 Å². The van der Waals surface area contributed by atoms with Crippen LogP contribution in [0.2, 0.25) is 0 Å². The van der Waals surface area contributed by atoms with Crippen LogP contribution in [0.5, 0.6) is 5.75 Å². The summed E-state index contributed by atoms with van der Waals surface area (Å²) < 4.78 is 6.00. The molecule has 3 heteroatoms. The highest BCUT2D eigenvalue weighted by molar-refractivity contribution is 5.33. The number of aliphatic hydroxyl groups excluding tert-OH is 1. The molecule has 0 radical (unpaired) electrons. The molecule has 3 nitrogen and oxygen atoms in total. The number of aryl methyl sites for hydroxylation is 2. The smallest absolute Gasteiger partial charge is 0.119 e. The zero-order chi connectivity index (χ0) is 14.8. The van der Waals surface area contributed by atoms with Crippen molar-refractivity contribution in [1.29, 1.82) is 0 Å². The summed E-state index contributed by atoms with van der Waals surface area (Å²) >= 11 is 0. The predicted octanol–water partition coefficient (Wildman–Crippen LogP) is 2.82. The van der Waals surface area contributed by atoms with Crippen LogP contribution in [-0.2, 0) is 0 Å². The van der Waals surface area contributed by atoms with Crippen LogP contribution in [0.3, 0.4) is 0 Å². The van der Waals surface area contributed by atoms with Gasteiger partial charge in [0.25, 0.3) is 0 Å². The van der Waals surface area contributed by atoms with Crippen LogP contribution in [0.4, 0.5) is 0 Å². The molecule has 0 heterocycles. The maximum atomic E-state index is 9.88. The molecule has 0 amide bonds. The zero-order valence-electron chi connectivity index (χ0n) is 13.1. The minimum Gasteiger partial charge on any atom is -0.492 e. The number of nitrogens with one attached hydrogen (secondary N) is 1. The normalized spacial score (nSPS) is 18.1. The van der Waals surface area contributed by atoms with Crippen LogP contribution in [0.1, 0.15) is 37.8 Å². The zero-order valence-corrected chi connectivity index (χ0v) is 13.1. The van der Waals surface area contributed by atoms with E-state index in [9.17, 15) is 5.11 Å². The number of hydrogen-bond acceptors (Lipinski definition) is 3. The van der Waals surface area contributed by atoms with Gasteiger partial charge in [-0.15, -0.1) is 0 Å². The average molecular weight is 277 g/mol.